The van der Waals surface area contributed by atoms with Gasteiger partial charge in [-0.3, -0.25) is 0 Å². The lowest BCUT2D eigenvalue weighted by molar-refractivity contribution is 0.304. The van der Waals surface area contributed by atoms with Crippen molar-refractivity contribution in [2.75, 3.05) is 31.3 Å². The number of nitrogens with one attached hydrogen (secondary N) is 1. The molecule has 0 radical (unpaired) electrons. The van der Waals surface area contributed by atoms with E-state index in [0.717, 1.165) is 36.8 Å². The molecule has 1 aliphatic rings. The summed E-state index contributed by atoms with van der Waals surface area (Å²) in [6.45, 7) is 4.40. The molecule has 1 aromatic rings. The molecule has 0 aromatic carbocycles. The number of piperidine rings is 1. The number of hydrogen-bond donors (Lipinski definition) is 1. The number of hydrogen-bond acceptors (Lipinski definition) is 5. The average molecular weight is 252 g/mol. The van der Waals surface area contributed by atoms with E-state index < -0.39 is 0 Å². The molecule has 2 heterocycles. The summed E-state index contributed by atoms with van der Waals surface area (Å²) in [5, 5.41) is 4.45. The first kappa shape index (κ1) is 12.6. The molecule has 0 aliphatic carbocycles. The molecule has 4 nitrogen and oxygen atoms in total. The fraction of sp³-hybridized carbons (Fsp3) is 0.667. The molecule has 1 aromatic heterocycles. The van der Waals surface area contributed by atoms with Crippen molar-refractivity contribution in [1.82, 2.24) is 15.3 Å². The highest BCUT2D eigenvalue weighted by Gasteiger charge is 2.28. The predicted octanol–water partition coefficient (Wildman–Crippen LogP) is 1.78. The zero-order valence-electron chi connectivity index (χ0n) is 10.7. The number of thioether (sulfide) groups is 1. The molecule has 1 N–H and O–H groups in total. The van der Waals surface area contributed by atoms with Gasteiger partial charge in [0.25, 0.3) is 0 Å². The van der Waals surface area contributed by atoms with Crippen molar-refractivity contribution in [3.05, 3.63) is 12.4 Å². The molecular formula is C12H20N4S. The Hall–Kier alpha value is -0.810. The van der Waals surface area contributed by atoms with Crippen molar-refractivity contribution in [3.8, 4) is 0 Å². The lowest BCUT2D eigenvalue weighted by Gasteiger charge is -2.39. The highest BCUT2D eigenvalue weighted by molar-refractivity contribution is 7.98. The molecule has 17 heavy (non-hydrogen) atoms. The minimum absolute atomic E-state index is 0.284. The van der Waals surface area contributed by atoms with Gasteiger partial charge in [-0.1, -0.05) is 0 Å². The summed E-state index contributed by atoms with van der Waals surface area (Å²) in [6, 6.07) is 2.08. The van der Waals surface area contributed by atoms with Crippen molar-refractivity contribution in [1.29, 1.82) is 0 Å². The van der Waals surface area contributed by atoms with E-state index in [1.54, 1.807) is 18.1 Å². The Morgan fingerprint density at radius 1 is 1.35 bits per heavy atom. The van der Waals surface area contributed by atoms with Crippen molar-refractivity contribution in [3.63, 3.8) is 0 Å². The first-order chi connectivity index (χ1) is 8.17. The van der Waals surface area contributed by atoms with Gasteiger partial charge in [0.05, 0.1) is 0 Å². The van der Waals surface area contributed by atoms with Gasteiger partial charge < -0.3 is 10.2 Å². The summed E-state index contributed by atoms with van der Waals surface area (Å²) >= 11 is 1.66. The standard InChI is InChI=1S/C12H20N4S/c1-12(13-2)4-6-16(7-5-12)10-8-11(17-3)15-9-14-10/h8-9,13H,4-7H2,1-3H3. The minimum atomic E-state index is 0.284. The van der Waals surface area contributed by atoms with Crippen LogP contribution in [0.3, 0.4) is 0 Å². The topological polar surface area (TPSA) is 41.0 Å². The zero-order valence-corrected chi connectivity index (χ0v) is 11.5. The van der Waals surface area contributed by atoms with Gasteiger partial charge >= 0.3 is 0 Å². The normalized spacial score (nSPS) is 19.4. The van der Waals surface area contributed by atoms with Crippen LogP contribution in [0.4, 0.5) is 5.82 Å². The van der Waals surface area contributed by atoms with Crippen molar-refractivity contribution < 1.29 is 0 Å². The molecule has 0 unspecified atom stereocenters. The first-order valence-corrected chi connectivity index (χ1v) is 7.19. The van der Waals surface area contributed by atoms with Gasteiger partial charge in [0.1, 0.15) is 17.2 Å². The SMILES string of the molecule is CNC1(C)CCN(c2cc(SC)ncn2)CC1. The van der Waals surface area contributed by atoms with E-state index >= 15 is 0 Å². The third-order valence-corrected chi connectivity index (χ3v) is 4.27. The van der Waals surface area contributed by atoms with Crippen LogP contribution in [0.2, 0.25) is 0 Å². The van der Waals surface area contributed by atoms with Crippen LogP contribution in [0, 0.1) is 0 Å². The zero-order chi connectivity index (χ0) is 12.3. The third-order valence-electron chi connectivity index (χ3n) is 3.63. The first-order valence-electron chi connectivity index (χ1n) is 5.97. The van der Waals surface area contributed by atoms with Gasteiger partial charge in [0, 0.05) is 24.7 Å². The molecule has 0 bridgehead atoms. The van der Waals surface area contributed by atoms with Crippen LogP contribution in [-0.4, -0.2) is 41.9 Å². The second-order valence-electron chi connectivity index (χ2n) is 4.72. The molecule has 1 fully saturated rings. The molecular weight excluding hydrogens is 232 g/mol. The molecule has 0 saturated carbocycles. The summed E-state index contributed by atoms with van der Waals surface area (Å²) in [5.41, 5.74) is 0.284. The molecule has 5 heteroatoms. The van der Waals surface area contributed by atoms with Crippen LogP contribution < -0.4 is 10.2 Å². The molecule has 2 rings (SSSR count). The monoisotopic (exact) mass is 252 g/mol. The van der Waals surface area contributed by atoms with Crippen LogP contribution in [0.15, 0.2) is 17.4 Å². The van der Waals surface area contributed by atoms with Gasteiger partial charge in [-0.15, -0.1) is 11.8 Å². The van der Waals surface area contributed by atoms with Gasteiger partial charge in [0.15, 0.2) is 0 Å². The van der Waals surface area contributed by atoms with Crippen molar-refractivity contribution >= 4 is 17.6 Å². The highest BCUT2D eigenvalue weighted by Crippen LogP contribution is 2.25. The van der Waals surface area contributed by atoms with Gasteiger partial charge in [-0.25, -0.2) is 9.97 Å². The maximum Gasteiger partial charge on any atom is 0.133 e. The third kappa shape index (κ3) is 2.90. The molecule has 0 spiro atoms. The Kier molecular flexibility index (Phi) is 3.89. The lowest BCUT2D eigenvalue weighted by atomic mass is 9.90. The maximum absolute atomic E-state index is 4.37. The fourth-order valence-corrected chi connectivity index (χ4v) is 2.47. The Bertz CT molecular complexity index is 375. The number of nitrogens with zero attached hydrogens (tertiary/aromatic N) is 3. The number of aromatic nitrogens is 2. The average Bonchev–Trinajstić information content (AvgIpc) is 2.40. The van der Waals surface area contributed by atoms with Crippen LogP contribution >= 0.6 is 11.8 Å². The smallest absolute Gasteiger partial charge is 0.133 e. The van der Waals surface area contributed by atoms with Crippen molar-refractivity contribution in [2.45, 2.75) is 30.3 Å². The van der Waals surface area contributed by atoms with E-state index in [0.29, 0.717) is 0 Å². The maximum atomic E-state index is 4.37. The number of anilines is 1. The second kappa shape index (κ2) is 5.23. The molecule has 0 atom stereocenters. The van der Waals surface area contributed by atoms with Gasteiger partial charge in [-0.2, -0.15) is 0 Å². The molecule has 1 saturated heterocycles. The van der Waals surface area contributed by atoms with Crippen LogP contribution in [0.5, 0.6) is 0 Å². The molecule has 0 amide bonds. The van der Waals surface area contributed by atoms with E-state index in [1.807, 2.05) is 13.3 Å². The largest absolute Gasteiger partial charge is 0.356 e. The summed E-state index contributed by atoms with van der Waals surface area (Å²) < 4.78 is 0. The van der Waals surface area contributed by atoms with Crippen LogP contribution in [0.25, 0.3) is 0 Å². The Morgan fingerprint density at radius 2 is 2.06 bits per heavy atom. The summed E-state index contributed by atoms with van der Waals surface area (Å²) in [4.78, 5) is 10.9. The highest BCUT2D eigenvalue weighted by atomic mass is 32.2. The molecule has 94 valence electrons. The van der Waals surface area contributed by atoms with Crippen molar-refractivity contribution in [2.24, 2.45) is 0 Å². The Labute approximate surface area is 107 Å². The van der Waals surface area contributed by atoms with E-state index in [2.05, 4.69) is 33.2 Å². The molecule has 1 aliphatic heterocycles. The summed E-state index contributed by atoms with van der Waals surface area (Å²) in [7, 11) is 2.05. The lowest BCUT2D eigenvalue weighted by Crippen LogP contribution is -2.50. The second-order valence-corrected chi connectivity index (χ2v) is 5.54. The van der Waals surface area contributed by atoms with E-state index in [1.165, 1.54) is 0 Å². The van der Waals surface area contributed by atoms with E-state index in [4.69, 9.17) is 0 Å². The predicted molar refractivity (Wildman–Crippen MR) is 72.7 cm³/mol. The Morgan fingerprint density at radius 3 is 2.65 bits per heavy atom. The van der Waals surface area contributed by atoms with Crippen LogP contribution in [-0.2, 0) is 0 Å². The Balaban J connectivity index is 2.05. The van der Waals surface area contributed by atoms with Gasteiger partial charge in [0.2, 0.25) is 0 Å². The van der Waals surface area contributed by atoms with Gasteiger partial charge in [-0.05, 0) is 33.1 Å². The van der Waals surface area contributed by atoms with E-state index in [9.17, 15) is 0 Å². The van der Waals surface area contributed by atoms with Crippen LogP contribution in [0.1, 0.15) is 19.8 Å². The van der Waals surface area contributed by atoms with E-state index in [-0.39, 0.29) is 5.54 Å². The number of rotatable bonds is 3. The quantitative estimate of drug-likeness (QED) is 0.656. The summed E-state index contributed by atoms with van der Waals surface area (Å²) in [6.07, 6.45) is 6.01. The fourth-order valence-electron chi connectivity index (χ4n) is 2.09. The minimum Gasteiger partial charge on any atom is -0.356 e. The summed E-state index contributed by atoms with van der Waals surface area (Å²) in [5.74, 6) is 1.06.